The van der Waals surface area contributed by atoms with Gasteiger partial charge in [-0.2, -0.15) is 13.2 Å². The van der Waals surface area contributed by atoms with Gasteiger partial charge >= 0.3 is 12.1 Å². The number of fused-ring (bicyclic) bond motifs is 1. The molecule has 1 aliphatic heterocycles. The van der Waals surface area contributed by atoms with E-state index in [-0.39, 0.29) is 17.3 Å². The summed E-state index contributed by atoms with van der Waals surface area (Å²) in [5.74, 6) is -3.21. The number of aliphatic carboxylic acids is 1. The van der Waals surface area contributed by atoms with Crippen molar-refractivity contribution < 1.29 is 36.6 Å². The van der Waals surface area contributed by atoms with E-state index >= 15 is 0 Å². The molecule has 0 radical (unpaired) electrons. The van der Waals surface area contributed by atoms with Crippen molar-refractivity contribution in [2.24, 2.45) is 5.92 Å². The molecule has 1 saturated heterocycles. The van der Waals surface area contributed by atoms with Gasteiger partial charge in [-0.1, -0.05) is 0 Å². The van der Waals surface area contributed by atoms with E-state index in [1.807, 2.05) is 6.07 Å². The normalized spacial score (nSPS) is 16.2. The van der Waals surface area contributed by atoms with Crippen LogP contribution in [0.25, 0.3) is 11.0 Å². The Kier molecular flexibility index (Phi) is 7.50. The number of carboxylic acids is 1. The molecule has 2 aliphatic rings. The Morgan fingerprint density at radius 3 is 2.30 bits per heavy atom. The first-order valence-corrected chi connectivity index (χ1v) is 11.5. The first-order valence-electron chi connectivity index (χ1n) is 11.5. The number of rotatable bonds is 5. The second kappa shape index (κ2) is 10.6. The van der Waals surface area contributed by atoms with Crippen LogP contribution < -0.4 is 10.2 Å². The van der Waals surface area contributed by atoms with E-state index in [1.165, 1.54) is 0 Å². The van der Waals surface area contributed by atoms with E-state index < -0.39 is 23.8 Å². The van der Waals surface area contributed by atoms with Crippen LogP contribution in [0.1, 0.15) is 36.0 Å². The van der Waals surface area contributed by atoms with E-state index in [2.05, 4.69) is 15.2 Å². The molecule has 13 heteroatoms. The zero-order valence-electron chi connectivity index (χ0n) is 19.3. The molecule has 3 aromatic rings. The fraction of sp³-hybridized carbons (Fsp3) is 0.375. The number of aromatic nitrogens is 3. The molecule has 0 bridgehead atoms. The number of anilines is 2. The third kappa shape index (κ3) is 6.46. The monoisotopic (exact) mass is 523 g/mol. The van der Waals surface area contributed by atoms with Crippen LogP contribution in [-0.4, -0.2) is 57.1 Å². The van der Waals surface area contributed by atoms with Gasteiger partial charge in [0.15, 0.2) is 17.4 Å². The Morgan fingerprint density at radius 1 is 1.00 bits per heavy atom. The number of piperidine rings is 1. The Labute approximate surface area is 207 Å². The highest BCUT2D eigenvalue weighted by atomic mass is 19.4. The zero-order valence-corrected chi connectivity index (χ0v) is 19.3. The van der Waals surface area contributed by atoms with Crippen molar-refractivity contribution in [3.63, 3.8) is 0 Å². The van der Waals surface area contributed by atoms with Crippen LogP contribution in [0.5, 0.6) is 0 Å². The van der Waals surface area contributed by atoms with Gasteiger partial charge in [-0.05, 0) is 49.9 Å². The summed E-state index contributed by atoms with van der Waals surface area (Å²) < 4.78 is 59.2. The molecule has 0 unspecified atom stereocenters. The number of nitrogens with zero attached hydrogens (tertiary/aromatic N) is 4. The van der Waals surface area contributed by atoms with E-state index in [0.29, 0.717) is 37.5 Å². The first kappa shape index (κ1) is 26.2. The van der Waals surface area contributed by atoms with Crippen molar-refractivity contribution >= 4 is 34.4 Å². The topological polar surface area (TPSA) is 108 Å². The Morgan fingerprint density at radius 2 is 1.68 bits per heavy atom. The first-order chi connectivity index (χ1) is 17.5. The SMILES string of the molecule is O=C(O)C(F)(F)F.O=C(c1cc(F)ccc1F)C1CCN(c2nc3cnccc3nc2NC2CC2)CC1. The summed E-state index contributed by atoms with van der Waals surface area (Å²) >= 11 is 0. The largest absolute Gasteiger partial charge is 0.490 e. The van der Waals surface area contributed by atoms with Gasteiger partial charge in [-0.3, -0.25) is 9.78 Å². The molecule has 5 rings (SSSR count). The average molecular weight is 523 g/mol. The molecular formula is C24H22F5N5O3. The lowest BCUT2D eigenvalue weighted by atomic mass is 9.88. The summed E-state index contributed by atoms with van der Waals surface area (Å²) in [6.07, 6.45) is 1.63. The van der Waals surface area contributed by atoms with Gasteiger partial charge < -0.3 is 15.3 Å². The lowest BCUT2D eigenvalue weighted by Crippen LogP contribution is -2.37. The molecule has 196 valence electrons. The van der Waals surface area contributed by atoms with Gasteiger partial charge in [0, 0.05) is 31.2 Å². The smallest absolute Gasteiger partial charge is 0.475 e. The van der Waals surface area contributed by atoms with Gasteiger partial charge in [-0.25, -0.2) is 23.5 Å². The molecule has 8 nitrogen and oxygen atoms in total. The number of hydrogen-bond acceptors (Lipinski definition) is 7. The fourth-order valence-corrected chi connectivity index (χ4v) is 3.90. The number of nitrogens with one attached hydrogen (secondary N) is 1. The maximum atomic E-state index is 14.0. The predicted molar refractivity (Wildman–Crippen MR) is 123 cm³/mol. The number of halogens is 5. The summed E-state index contributed by atoms with van der Waals surface area (Å²) in [6, 6.07) is 5.28. The van der Waals surface area contributed by atoms with Crippen LogP contribution in [0.2, 0.25) is 0 Å². The standard InChI is InChI=1S/C22H21F2N5O.C2HF3O2/c23-14-1-4-17(24)16(11-14)20(30)13-6-9-29(10-7-13)22-21(26-15-2-3-15)27-18-5-8-25-12-19(18)28-22;3-2(4,5)1(6)7/h1,4-5,8,11-13,15H,2-3,6-7,9-10H2,(H,26,27);(H,6,7). The Bertz CT molecular complexity index is 1310. The highest BCUT2D eigenvalue weighted by Crippen LogP contribution is 2.33. The maximum absolute atomic E-state index is 14.0. The van der Waals surface area contributed by atoms with Gasteiger partial charge in [0.1, 0.15) is 17.2 Å². The van der Waals surface area contributed by atoms with Gasteiger partial charge in [0.05, 0.1) is 17.3 Å². The summed E-state index contributed by atoms with van der Waals surface area (Å²) in [6.45, 7) is 1.18. The van der Waals surface area contributed by atoms with Crippen LogP contribution >= 0.6 is 0 Å². The van der Waals surface area contributed by atoms with Crippen molar-refractivity contribution in [1.29, 1.82) is 0 Å². The molecule has 3 heterocycles. The molecule has 0 amide bonds. The van der Waals surface area contributed by atoms with E-state index in [0.717, 1.165) is 48.2 Å². The van der Waals surface area contributed by atoms with Crippen LogP contribution in [0.4, 0.5) is 33.6 Å². The van der Waals surface area contributed by atoms with Crippen LogP contribution in [0.15, 0.2) is 36.7 Å². The number of ketones is 1. The zero-order chi connectivity index (χ0) is 26.7. The van der Waals surface area contributed by atoms with Gasteiger partial charge in [-0.15, -0.1) is 0 Å². The molecule has 2 aromatic heterocycles. The third-order valence-electron chi connectivity index (χ3n) is 5.97. The summed E-state index contributed by atoms with van der Waals surface area (Å²) in [7, 11) is 0. The number of benzene rings is 1. The number of pyridine rings is 1. The Balaban J connectivity index is 0.000000405. The summed E-state index contributed by atoms with van der Waals surface area (Å²) in [5.41, 5.74) is 1.33. The number of hydrogen-bond donors (Lipinski definition) is 2. The minimum atomic E-state index is -5.08. The highest BCUT2D eigenvalue weighted by Gasteiger charge is 2.38. The quantitative estimate of drug-likeness (QED) is 0.369. The molecule has 2 fully saturated rings. The van der Waals surface area contributed by atoms with Crippen LogP contribution in [0.3, 0.4) is 0 Å². The van der Waals surface area contributed by atoms with Crippen molar-refractivity contribution in [3.05, 3.63) is 53.9 Å². The van der Waals surface area contributed by atoms with Gasteiger partial charge in [0.25, 0.3) is 0 Å². The molecule has 0 atom stereocenters. The van der Waals surface area contributed by atoms with Crippen molar-refractivity contribution in [2.45, 2.75) is 37.9 Å². The molecule has 2 N–H and O–H groups in total. The second-order valence-corrected chi connectivity index (χ2v) is 8.73. The molecular weight excluding hydrogens is 501 g/mol. The molecule has 0 spiro atoms. The number of Topliss-reactive ketones (excluding diaryl/α,β-unsaturated/α-hetero) is 1. The van der Waals surface area contributed by atoms with Crippen molar-refractivity contribution in [1.82, 2.24) is 15.0 Å². The van der Waals surface area contributed by atoms with Crippen molar-refractivity contribution in [2.75, 3.05) is 23.3 Å². The number of carbonyl (C=O) groups excluding carboxylic acids is 1. The van der Waals surface area contributed by atoms with Crippen molar-refractivity contribution in [3.8, 4) is 0 Å². The number of carbonyl (C=O) groups is 2. The minimum Gasteiger partial charge on any atom is -0.475 e. The molecule has 1 aliphatic carbocycles. The number of carboxylic acid groups (broad SMARTS) is 1. The molecule has 37 heavy (non-hydrogen) atoms. The van der Waals surface area contributed by atoms with Crippen LogP contribution in [0, 0.1) is 17.6 Å². The van der Waals surface area contributed by atoms with E-state index in [4.69, 9.17) is 19.9 Å². The lowest BCUT2D eigenvalue weighted by molar-refractivity contribution is -0.192. The van der Waals surface area contributed by atoms with E-state index in [1.54, 1.807) is 12.4 Å². The second-order valence-electron chi connectivity index (χ2n) is 8.73. The Hall–Kier alpha value is -3.90. The molecule has 1 aromatic carbocycles. The number of alkyl halides is 3. The van der Waals surface area contributed by atoms with Gasteiger partial charge in [0.2, 0.25) is 0 Å². The highest BCUT2D eigenvalue weighted by molar-refractivity contribution is 5.98. The third-order valence-corrected chi connectivity index (χ3v) is 5.97. The lowest BCUT2D eigenvalue weighted by Gasteiger charge is -2.33. The fourth-order valence-electron chi connectivity index (χ4n) is 3.90. The predicted octanol–water partition coefficient (Wildman–Crippen LogP) is 4.61. The maximum Gasteiger partial charge on any atom is 0.490 e. The summed E-state index contributed by atoms with van der Waals surface area (Å²) in [4.78, 5) is 37.4. The minimum absolute atomic E-state index is 0.166. The van der Waals surface area contributed by atoms with Crippen LogP contribution in [-0.2, 0) is 4.79 Å². The van der Waals surface area contributed by atoms with E-state index in [9.17, 15) is 26.7 Å². The summed E-state index contributed by atoms with van der Waals surface area (Å²) in [5, 5.41) is 10.6. The molecule has 1 saturated carbocycles. The average Bonchev–Trinajstić information content (AvgIpc) is 3.69.